The van der Waals surface area contributed by atoms with Crippen LogP contribution in [0.3, 0.4) is 0 Å². The maximum absolute atomic E-state index is 4.74. The first-order valence-corrected chi connectivity index (χ1v) is 9.78. The van der Waals surface area contributed by atoms with Crippen LogP contribution in [-0.2, 0) is 0 Å². The maximum Gasteiger partial charge on any atom is 0.227 e. The number of aromatic amines is 1. The van der Waals surface area contributed by atoms with Crippen LogP contribution in [0.2, 0.25) is 0 Å². The Morgan fingerprint density at radius 3 is 2.85 bits per heavy atom. The Balaban J connectivity index is 1.27. The molecular formula is C19H27N7. The summed E-state index contributed by atoms with van der Waals surface area (Å²) >= 11 is 0. The van der Waals surface area contributed by atoms with Gasteiger partial charge in [-0.15, -0.1) is 0 Å². The molecule has 26 heavy (non-hydrogen) atoms. The molecule has 0 amide bonds. The fourth-order valence-corrected chi connectivity index (χ4v) is 5.01. The molecule has 5 rings (SSSR count). The molecule has 7 heteroatoms. The molecule has 7 nitrogen and oxygen atoms in total. The molecule has 3 aliphatic rings. The topological polar surface area (TPSA) is 73.0 Å². The van der Waals surface area contributed by atoms with Gasteiger partial charge in [0.1, 0.15) is 5.82 Å². The van der Waals surface area contributed by atoms with E-state index in [4.69, 9.17) is 4.98 Å². The van der Waals surface area contributed by atoms with Crippen LogP contribution in [-0.4, -0.2) is 58.3 Å². The molecule has 2 aliphatic heterocycles. The van der Waals surface area contributed by atoms with Gasteiger partial charge in [-0.3, -0.25) is 5.10 Å². The van der Waals surface area contributed by atoms with Gasteiger partial charge in [0.15, 0.2) is 5.82 Å². The summed E-state index contributed by atoms with van der Waals surface area (Å²) in [7, 11) is 2.19. The number of likely N-dealkylation sites (tertiary alicyclic amines) is 1. The maximum atomic E-state index is 4.74. The number of anilines is 3. The number of hydrogen-bond acceptors (Lipinski definition) is 6. The number of nitrogens with one attached hydrogen (secondary N) is 2. The molecule has 0 atom stereocenters. The minimum absolute atomic E-state index is 0.458. The molecule has 0 aromatic carbocycles. The van der Waals surface area contributed by atoms with Crippen LogP contribution in [0, 0.1) is 5.41 Å². The molecule has 1 spiro atoms. The zero-order valence-electron chi connectivity index (χ0n) is 15.4. The second-order valence-corrected chi connectivity index (χ2v) is 8.40. The number of hydrogen-bond donors (Lipinski definition) is 2. The van der Waals surface area contributed by atoms with Crippen molar-refractivity contribution in [1.29, 1.82) is 0 Å². The number of nitrogens with zero attached hydrogens (tertiary/aromatic N) is 5. The zero-order chi connectivity index (χ0) is 17.6. The highest BCUT2D eigenvalue weighted by Gasteiger charge is 2.46. The van der Waals surface area contributed by atoms with Crippen molar-refractivity contribution in [1.82, 2.24) is 25.1 Å². The van der Waals surface area contributed by atoms with E-state index in [1.54, 1.807) is 0 Å². The summed E-state index contributed by atoms with van der Waals surface area (Å²) in [6, 6.07) is 4.04. The average Bonchev–Trinajstić information content (AvgIpc) is 3.35. The summed E-state index contributed by atoms with van der Waals surface area (Å²) in [6.07, 6.45) is 8.27. The van der Waals surface area contributed by atoms with Crippen LogP contribution in [0.5, 0.6) is 0 Å². The lowest BCUT2D eigenvalue weighted by molar-refractivity contribution is 0.0424. The summed E-state index contributed by atoms with van der Waals surface area (Å²) in [5.41, 5.74) is 1.70. The summed E-state index contributed by atoms with van der Waals surface area (Å²) in [4.78, 5) is 14.0. The quantitative estimate of drug-likeness (QED) is 0.880. The van der Waals surface area contributed by atoms with Crippen molar-refractivity contribution in [3.63, 3.8) is 0 Å². The van der Waals surface area contributed by atoms with E-state index < -0.39 is 0 Å². The molecular weight excluding hydrogens is 326 g/mol. The fraction of sp³-hybridized carbons (Fsp3) is 0.632. The van der Waals surface area contributed by atoms with E-state index in [0.29, 0.717) is 11.3 Å². The van der Waals surface area contributed by atoms with Gasteiger partial charge < -0.3 is 15.1 Å². The van der Waals surface area contributed by atoms with E-state index >= 15 is 0 Å². The third kappa shape index (κ3) is 2.94. The summed E-state index contributed by atoms with van der Waals surface area (Å²) in [6.45, 7) is 4.50. The standard InChI is InChI=1S/C19H27N7/c1-25-11-19(12-25)7-9-26(13-19)18-20-8-6-16(22-18)21-17-10-15(23-24-17)14-4-2-3-5-14/h6,8,10,14H,2-5,7,9,11-13H2,1H3,(H2,20,21,22,23,24). The molecule has 138 valence electrons. The third-order valence-corrected chi connectivity index (χ3v) is 6.22. The molecule has 0 radical (unpaired) electrons. The van der Waals surface area contributed by atoms with E-state index in [0.717, 1.165) is 30.7 Å². The van der Waals surface area contributed by atoms with Crippen molar-refractivity contribution >= 4 is 17.6 Å². The van der Waals surface area contributed by atoms with Crippen LogP contribution in [0.1, 0.15) is 43.7 Å². The predicted octanol–water partition coefficient (Wildman–Crippen LogP) is 2.74. The molecule has 0 unspecified atom stereocenters. The highest BCUT2D eigenvalue weighted by molar-refractivity contribution is 5.53. The molecule has 4 heterocycles. The third-order valence-electron chi connectivity index (χ3n) is 6.22. The fourth-order valence-electron chi connectivity index (χ4n) is 5.01. The van der Waals surface area contributed by atoms with Crippen LogP contribution < -0.4 is 10.2 Å². The Bertz CT molecular complexity index is 774. The molecule has 3 fully saturated rings. The summed E-state index contributed by atoms with van der Waals surface area (Å²) < 4.78 is 0. The predicted molar refractivity (Wildman–Crippen MR) is 102 cm³/mol. The van der Waals surface area contributed by atoms with Gasteiger partial charge in [-0.05, 0) is 32.4 Å². The van der Waals surface area contributed by atoms with Crippen molar-refractivity contribution in [2.45, 2.75) is 38.0 Å². The zero-order valence-corrected chi connectivity index (χ0v) is 15.4. The average molecular weight is 353 g/mol. The van der Waals surface area contributed by atoms with Crippen molar-refractivity contribution in [3.05, 3.63) is 24.0 Å². The van der Waals surface area contributed by atoms with Crippen molar-refractivity contribution in [2.24, 2.45) is 5.41 Å². The van der Waals surface area contributed by atoms with E-state index in [1.807, 2.05) is 12.3 Å². The molecule has 2 N–H and O–H groups in total. The first-order valence-electron chi connectivity index (χ1n) is 9.78. The molecule has 2 saturated heterocycles. The SMILES string of the molecule is CN1CC2(CCN(c3nccc(Nc4cc(C5CCCC5)[nH]n4)n3)C2)C1. The first kappa shape index (κ1) is 16.1. The smallest absolute Gasteiger partial charge is 0.227 e. The van der Waals surface area contributed by atoms with Crippen molar-refractivity contribution in [3.8, 4) is 0 Å². The Labute approximate surface area is 154 Å². The lowest BCUT2D eigenvalue weighted by Crippen LogP contribution is -2.55. The molecule has 1 saturated carbocycles. The Kier molecular flexibility index (Phi) is 3.85. The van der Waals surface area contributed by atoms with Gasteiger partial charge in [-0.25, -0.2) is 4.98 Å². The van der Waals surface area contributed by atoms with Gasteiger partial charge in [-0.1, -0.05) is 12.8 Å². The lowest BCUT2D eigenvalue weighted by atomic mass is 9.79. The number of rotatable bonds is 4. The molecule has 0 bridgehead atoms. The van der Waals surface area contributed by atoms with E-state index in [9.17, 15) is 0 Å². The molecule has 2 aromatic rings. The van der Waals surface area contributed by atoms with E-state index in [1.165, 1.54) is 50.9 Å². The monoisotopic (exact) mass is 353 g/mol. The van der Waals surface area contributed by atoms with E-state index in [-0.39, 0.29) is 0 Å². The first-order chi connectivity index (χ1) is 12.7. The highest BCUT2D eigenvalue weighted by Crippen LogP contribution is 2.39. The molecule has 2 aromatic heterocycles. The Morgan fingerprint density at radius 2 is 2.04 bits per heavy atom. The van der Waals surface area contributed by atoms with E-state index in [2.05, 4.69) is 43.4 Å². The second-order valence-electron chi connectivity index (χ2n) is 8.40. The summed E-state index contributed by atoms with van der Waals surface area (Å²) in [5, 5.41) is 11.0. The largest absolute Gasteiger partial charge is 0.340 e. The van der Waals surface area contributed by atoms with Crippen LogP contribution in [0.4, 0.5) is 17.6 Å². The minimum Gasteiger partial charge on any atom is -0.340 e. The van der Waals surface area contributed by atoms with Gasteiger partial charge in [0.2, 0.25) is 5.95 Å². The summed E-state index contributed by atoms with van der Waals surface area (Å²) in [5.74, 6) is 3.12. The van der Waals surface area contributed by atoms with Crippen LogP contribution in [0.25, 0.3) is 0 Å². The molecule has 1 aliphatic carbocycles. The number of H-pyrrole nitrogens is 1. The van der Waals surface area contributed by atoms with Gasteiger partial charge in [0.05, 0.1) is 0 Å². The van der Waals surface area contributed by atoms with Crippen molar-refractivity contribution < 1.29 is 0 Å². The van der Waals surface area contributed by atoms with Crippen molar-refractivity contribution in [2.75, 3.05) is 43.4 Å². The Hall–Kier alpha value is -2.15. The number of aromatic nitrogens is 4. The Morgan fingerprint density at radius 1 is 1.19 bits per heavy atom. The normalized spacial score (nSPS) is 22.9. The minimum atomic E-state index is 0.458. The van der Waals surface area contributed by atoms with Gasteiger partial charge >= 0.3 is 0 Å². The van der Waals surface area contributed by atoms with Crippen LogP contribution in [0.15, 0.2) is 18.3 Å². The van der Waals surface area contributed by atoms with Gasteiger partial charge in [-0.2, -0.15) is 10.1 Å². The highest BCUT2D eigenvalue weighted by atomic mass is 15.3. The second kappa shape index (κ2) is 6.23. The van der Waals surface area contributed by atoms with Crippen LogP contribution >= 0.6 is 0 Å². The lowest BCUT2D eigenvalue weighted by Gasteiger charge is -2.46. The van der Waals surface area contributed by atoms with Gasteiger partial charge in [0.25, 0.3) is 0 Å². The van der Waals surface area contributed by atoms with Gasteiger partial charge in [0, 0.05) is 55.5 Å².